The van der Waals surface area contributed by atoms with E-state index in [4.69, 9.17) is 9.73 Å². The van der Waals surface area contributed by atoms with Gasteiger partial charge in [-0.05, 0) is 36.2 Å². The predicted molar refractivity (Wildman–Crippen MR) is 112 cm³/mol. The quantitative estimate of drug-likeness (QED) is 0.769. The number of rotatable bonds is 5. The number of thioether (sulfide) groups is 1. The lowest BCUT2D eigenvalue weighted by molar-refractivity contribution is 0.414. The molecule has 2 aliphatic rings. The van der Waals surface area contributed by atoms with Crippen LogP contribution in [0.1, 0.15) is 5.56 Å². The number of amidine groups is 1. The third-order valence-corrected chi connectivity index (χ3v) is 7.59. The number of hydrogen-bond donors (Lipinski definition) is 0. The van der Waals surface area contributed by atoms with Crippen LogP contribution < -0.4 is 9.64 Å². The van der Waals surface area contributed by atoms with E-state index in [0.29, 0.717) is 0 Å². The van der Waals surface area contributed by atoms with Gasteiger partial charge in [0.25, 0.3) is 0 Å². The molecule has 0 aromatic heterocycles. The highest BCUT2D eigenvalue weighted by molar-refractivity contribution is 8.14. The van der Waals surface area contributed by atoms with Crippen molar-refractivity contribution in [3.8, 4) is 5.75 Å². The SMILES string of the molecule is COc1ccc(CCSC2=N[C@@H]3CS(=O)(=O)C[C@H]3N2c2ccccc2)cc1. The third-order valence-electron chi connectivity index (χ3n) is 4.92. The van der Waals surface area contributed by atoms with Gasteiger partial charge in [0.05, 0.1) is 30.7 Å². The summed E-state index contributed by atoms with van der Waals surface area (Å²) in [6, 6.07) is 17.8. The Kier molecular flexibility index (Phi) is 5.14. The van der Waals surface area contributed by atoms with Gasteiger partial charge in [-0.25, -0.2) is 8.42 Å². The lowest BCUT2D eigenvalue weighted by Crippen LogP contribution is -2.39. The molecule has 0 aliphatic carbocycles. The number of nitrogens with zero attached hydrogens (tertiary/aromatic N) is 2. The molecule has 2 heterocycles. The maximum absolute atomic E-state index is 12.1. The number of methoxy groups -OCH3 is 1. The Morgan fingerprint density at radius 1 is 1.11 bits per heavy atom. The van der Waals surface area contributed by atoms with Gasteiger partial charge in [0, 0.05) is 11.4 Å². The first-order chi connectivity index (χ1) is 13.1. The fraction of sp³-hybridized carbons (Fsp3) is 0.350. The molecule has 2 aromatic carbocycles. The van der Waals surface area contributed by atoms with Crippen LogP contribution in [0.4, 0.5) is 5.69 Å². The molecule has 2 aliphatic heterocycles. The highest BCUT2D eigenvalue weighted by Crippen LogP contribution is 2.35. The van der Waals surface area contributed by atoms with E-state index in [0.717, 1.165) is 28.8 Å². The summed E-state index contributed by atoms with van der Waals surface area (Å²) in [6.07, 6.45) is 0.921. The molecule has 7 heteroatoms. The van der Waals surface area contributed by atoms with Crippen LogP contribution in [0.15, 0.2) is 59.6 Å². The van der Waals surface area contributed by atoms with Gasteiger partial charge >= 0.3 is 0 Å². The van der Waals surface area contributed by atoms with Crippen LogP contribution in [0.5, 0.6) is 5.75 Å². The first-order valence-electron chi connectivity index (χ1n) is 8.94. The molecule has 2 atom stereocenters. The van der Waals surface area contributed by atoms with E-state index < -0.39 is 9.84 Å². The van der Waals surface area contributed by atoms with Crippen molar-refractivity contribution in [1.82, 2.24) is 0 Å². The smallest absolute Gasteiger partial charge is 0.164 e. The number of fused-ring (bicyclic) bond motifs is 1. The van der Waals surface area contributed by atoms with Crippen molar-refractivity contribution in [1.29, 1.82) is 0 Å². The number of aliphatic imine (C=N–C) groups is 1. The molecule has 2 aromatic rings. The van der Waals surface area contributed by atoms with Crippen molar-refractivity contribution in [3.05, 3.63) is 60.2 Å². The molecular weight excluding hydrogens is 380 g/mol. The zero-order valence-electron chi connectivity index (χ0n) is 15.1. The molecular formula is C20H22N2O3S2. The Morgan fingerprint density at radius 3 is 2.56 bits per heavy atom. The molecule has 0 N–H and O–H groups in total. The molecule has 0 bridgehead atoms. The van der Waals surface area contributed by atoms with Crippen molar-refractivity contribution in [3.63, 3.8) is 0 Å². The number of benzene rings is 2. The van der Waals surface area contributed by atoms with Crippen molar-refractivity contribution in [2.24, 2.45) is 4.99 Å². The molecule has 27 heavy (non-hydrogen) atoms. The monoisotopic (exact) mass is 402 g/mol. The maximum atomic E-state index is 12.1. The van der Waals surface area contributed by atoms with Crippen LogP contribution in [0.3, 0.4) is 0 Å². The Bertz CT molecular complexity index is 927. The minimum atomic E-state index is -3.01. The van der Waals surface area contributed by atoms with E-state index in [2.05, 4.69) is 17.0 Å². The van der Waals surface area contributed by atoms with E-state index in [1.54, 1.807) is 18.9 Å². The molecule has 0 saturated carbocycles. The van der Waals surface area contributed by atoms with Gasteiger partial charge < -0.3 is 9.64 Å². The van der Waals surface area contributed by atoms with Gasteiger partial charge in [-0.2, -0.15) is 0 Å². The molecule has 142 valence electrons. The summed E-state index contributed by atoms with van der Waals surface area (Å²) in [7, 11) is -1.34. The van der Waals surface area contributed by atoms with Crippen LogP contribution in [-0.2, 0) is 16.3 Å². The maximum Gasteiger partial charge on any atom is 0.164 e. The summed E-state index contributed by atoms with van der Waals surface area (Å²) in [5.74, 6) is 2.08. The number of aryl methyl sites for hydroxylation is 1. The number of para-hydroxylation sites is 1. The van der Waals surface area contributed by atoms with E-state index >= 15 is 0 Å². The highest BCUT2D eigenvalue weighted by Gasteiger charge is 2.47. The lowest BCUT2D eigenvalue weighted by Gasteiger charge is -2.26. The Morgan fingerprint density at radius 2 is 1.85 bits per heavy atom. The first kappa shape index (κ1) is 18.4. The van der Waals surface area contributed by atoms with Crippen molar-refractivity contribution in [2.45, 2.75) is 18.5 Å². The van der Waals surface area contributed by atoms with Gasteiger partial charge in [-0.1, -0.05) is 42.1 Å². The number of ether oxygens (including phenoxy) is 1. The molecule has 0 spiro atoms. The second kappa shape index (κ2) is 7.56. The van der Waals surface area contributed by atoms with Crippen LogP contribution >= 0.6 is 11.8 Å². The lowest BCUT2D eigenvalue weighted by atomic mass is 10.1. The summed E-state index contributed by atoms with van der Waals surface area (Å²) in [5, 5.41) is 0.930. The number of anilines is 1. The summed E-state index contributed by atoms with van der Waals surface area (Å²) >= 11 is 1.70. The Balaban J connectivity index is 1.48. The standard InChI is InChI=1S/C20H22N2O3S2/c1-25-17-9-7-15(8-10-17)11-12-26-20-21-18-13-27(23,24)14-19(18)22(20)16-5-3-2-4-6-16/h2-10,18-19H,11-14H2,1H3/t18-,19-/m1/s1. The summed E-state index contributed by atoms with van der Waals surface area (Å²) in [4.78, 5) is 6.89. The van der Waals surface area contributed by atoms with E-state index in [-0.39, 0.29) is 23.6 Å². The predicted octanol–water partition coefficient (Wildman–Crippen LogP) is 3.01. The molecule has 0 unspecified atom stereocenters. The van der Waals surface area contributed by atoms with Crippen LogP contribution in [0.2, 0.25) is 0 Å². The zero-order valence-corrected chi connectivity index (χ0v) is 16.7. The van der Waals surface area contributed by atoms with E-state index in [9.17, 15) is 8.42 Å². The van der Waals surface area contributed by atoms with Crippen LogP contribution in [-0.4, -0.2) is 50.0 Å². The van der Waals surface area contributed by atoms with Crippen molar-refractivity contribution < 1.29 is 13.2 Å². The fourth-order valence-corrected chi connectivity index (χ4v) is 6.53. The summed E-state index contributed by atoms with van der Waals surface area (Å²) in [6.45, 7) is 0. The molecule has 1 fully saturated rings. The average molecular weight is 403 g/mol. The average Bonchev–Trinajstić information content (AvgIpc) is 3.14. The second-order valence-electron chi connectivity index (χ2n) is 6.78. The zero-order chi connectivity index (χ0) is 18.9. The summed E-state index contributed by atoms with van der Waals surface area (Å²) < 4.78 is 29.3. The summed E-state index contributed by atoms with van der Waals surface area (Å²) in [5.41, 5.74) is 2.26. The minimum absolute atomic E-state index is 0.0825. The van der Waals surface area contributed by atoms with E-state index in [1.165, 1.54) is 5.56 Å². The number of hydrogen-bond acceptors (Lipinski definition) is 6. The normalized spacial score (nSPS) is 23.1. The molecule has 4 rings (SSSR count). The van der Waals surface area contributed by atoms with Gasteiger partial charge in [0.1, 0.15) is 5.75 Å². The van der Waals surface area contributed by atoms with Crippen LogP contribution in [0, 0.1) is 0 Å². The molecule has 5 nitrogen and oxygen atoms in total. The fourth-order valence-electron chi connectivity index (χ4n) is 3.58. The van der Waals surface area contributed by atoms with Gasteiger partial charge in [0.2, 0.25) is 0 Å². The van der Waals surface area contributed by atoms with Gasteiger partial charge in [0.15, 0.2) is 15.0 Å². The van der Waals surface area contributed by atoms with Gasteiger partial charge in [-0.15, -0.1) is 0 Å². The van der Waals surface area contributed by atoms with Crippen LogP contribution in [0.25, 0.3) is 0 Å². The van der Waals surface area contributed by atoms with E-state index in [1.807, 2.05) is 42.5 Å². The highest BCUT2D eigenvalue weighted by atomic mass is 32.2. The molecule has 1 saturated heterocycles. The minimum Gasteiger partial charge on any atom is -0.497 e. The Hall–Kier alpha value is -1.99. The topological polar surface area (TPSA) is 59.0 Å². The Labute approximate surface area is 164 Å². The van der Waals surface area contributed by atoms with Crippen molar-refractivity contribution in [2.75, 3.05) is 29.3 Å². The third kappa shape index (κ3) is 3.99. The molecule has 0 amide bonds. The number of sulfone groups is 1. The first-order valence-corrected chi connectivity index (χ1v) is 11.7. The largest absolute Gasteiger partial charge is 0.497 e. The van der Waals surface area contributed by atoms with Crippen molar-refractivity contribution >= 4 is 32.5 Å². The molecule has 0 radical (unpaired) electrons. The van der Waals surface area contributed by atoms with Gasteiger partial charge in [-0.3, -0.25) is 4.99 Å². The second-order valence-corrected chi connectivity index (χ2v) is 9.99.